The minimum atomic E-state index is 0.164. The van der Waals surface area contributed by atoms with Crippen molar-refractivity contribution in [3.05, 3.63) is 0 Å². The predicted molar refractivity (Wildman–Crippen MR) is 43.0 cm³/mol. The quantitative estimate of drug-likeness (QED) is 0.443. The molecule has 0 radical (unpaired) electrons. The van der Waals surface area contributed by atoms with Crippen molar-refractivity contribution in [2.75, 3.05) is 26.2 Å². The van der Waals surface area contributed by atoms with E-state index in [-0.39, 0.29) is 11.8 Å². The molecule has 11 heavy (non-hydrogen) atoms. The molecule has 4 nitrogen and oxygen atoms in total. The number of carbonyl (C=O) groups excluding carboxylic acids is 1. The number of hydrogen-bond donors (Lipinski definition) is 3. The van der Waals surface area contributed by atoms with Gasteiger partial charge in [0.15, 0.2) is 0 Å². The van der Waals surface area contributed by atoms with Gasteiger partial charge < -0.3 is 16.4 Å². The number of nitrogens with two attached hydrogens (primary N) is 1. The van der Waals surface area contributed by atoms with Crippen molar-refractivity contribution < 1.29 is 4.79 Å². The van der Waals surface area contributed by atoms with Crippen LogP contribution in [0.15, 0.2) is 0 Å². The summed E-state index contributed by atoms with van der Waals surface area (Å²) < 4.78 is 0. The standard InChI is InChI=1S/C7H15N3O/c8-2-1-3-10-7(11)6-4-9-5-6/h6,9H,1-5,8H2,(H,10,11). The van der Waals surface area contributed by atoms with Crippen LogP contribution in [0.5, 0.6) is 0 Å². The highest BCUT2D eigenvalue weighted by Crippen LogP contribution is 2.01. The molecule has 1 rings (SSSR count). The summed E-state index contributed by atoms with van der Waals surface area (Å²) >= 11 is 0. The van der Waals surface area contributed by atoms with Crippen LogP contribution in [-0.4, -0.2) is 32.1 Å². The minimum absolute atomic E-state index is 0.164. The van der Waals surface area contributed by atoms with Gasteiger partial charge in [-0.2, -0.15) is 0 Å². The second kappa shape index (κ2) is 4.31. The van der Waals surface area contributed by atoms with Gasteiger partial charge in [0.1, 0.15) is 0 Å². The van der Waals surface area contributed by atoms with Crippen molar-refractivity contribution in [2.24, 2.45) is 11.7 Å². The summed E-state index contributed by atoms with van der Waals surface area (Å²) in [6, 6.07) is 0. The van der Waals surface area contributed by atoms with E-state index in [2.05, 4.69) is 10.6 Å². The first-order chi connectivity index (χ1) is 5.34. The summed E-state index contributed by atoms with van der Waals surface area (Å²) in [6.07, 6.45) is 0.867. The van der Waals surface area contributed by atoms with Crippen LogP contribution in [-0.2, 0) is 4.79 Å². The summed E-state index contributed by atoms with van der Waals surface area (Å²) in [5, 5.41) is 5.87. The molecule has 1 saturated heterocycles. The average Bonchev–Trinajstić information content (AvgIpc) is 1.84. The van der Waals surface area contributed by atoms with Gasteiger partial charge in [0.05, 0.1) is 5.92 Å². The average molecular weight is 157 g/mol. The Hall–Kier alpha value is -0.610. The molecular formula is C7H15N3O. The number of nitrogens with one attached hydrogen (secondary N) is 2. The van der Waals surface area contributed by atoms with E-state index >= 15 is 0 Å². The molecule has 1 amide bonds. The molecule has 1 aliphatic rings. The monoisotopic (exact) mass is 157 g/mol. The van der Waals surface area contributed by atoms with Gasteiger partial charge in [-0.3, -0.25) is 4.79 Å². The van der Waals surface area contributed by atoms with Crippen LogP contribution in [0.25, 0.3) is 0 Å². The van der Waals surface area contributed by atoms with E-state index in [4.69, 9.17) is 5.73 Å². The van der Waals surface area contributed by atoms with Crippen LogP contribution in [0.4, 0.5) is 0 Å². The van der Waals surface area contributed by atoms with E-state index in [9.17, 15) is 4.79 Å². The van der Waals surface area contributed by atoms with Gasteiger partial charge in [0, 0.05) is 19.6 Å². The Kier molecular flexibility index (Phi) is 3.32. The molecule has 1 fully saturated rings. The first-order valence-corrected chi connectivity index (χ1v) is 4.03. The van der Waals surface area contributed by atoms with Crippen molar-refractivity contribution in [3.63, 3.8) is 0 Å². The third-order valence-corrected chi connectivity index (χ3v) is 1.83. The molecule has 64 valence electrons. The van der Waals surface area contributed by atoms with Gasteiger partial charge in [0.25, 0.3) is 0 Å². The van der Waals surface area contributed by atoms with E-state index in [0.717, 1.165) is 19.5 Å². The van der Waals surface area contributed by atoms with Gasteiger partial charge in [0.2, 0.25) is 5.91 Å². The van der Waals surface area contributed by atoms with Crippen molar-refractivity contribution in [1.29, 1.82) is 0 Å². The van der Waals surface area contributed by atoms with Gasteiger partial charge in [-0.25, -0.2) is 0 Å². The van der Waals surface area contributed by atoms with Crippen LogP contribution in [0.2, 0.25) is 0 Å². The number of rotatable bonds is 4. The lowest BCUT2D eigenvalue weighted by molar-refractivity contribution is -0.126. The maximum absolute atomic E-state index is 11.1. The molecule has 0 atom stereocenters. The fourth-order valence-electron chi connectivity index (χ4n) is 0.932. The van der Waals surface area contributed by atoms with Crippen LogP contribution in [0, 0.1) is 5.92 Å². The molecule has 4 heteroatoms. The molecule has 0 unspecified atom stereocenters. The zero-order valence-corrected chi connectivity index (χ0v) is 6.60. The lowest BCUT2D eigenvalue weighted by Gasteiger charge is -2.25. The van der Waals surface area contributed by atoms with Gasteiger partial charge in [-0.15, -0.1) is 0 Å². The molecule has 1 heterocycles. The van der Waals surface area contributed by atoms with E-state index in [1.165, 1.54) is 0 Å². The highest BCUT2D eigenvalue weighted by atomic mass is 16.2. The zero-order chi connectivity index (χ0) is 8.10. The third-order valence-electron chi connectivity index (χ3n) is 1.83. The fourth-order valence-corrected chi connectivity index (χ4v) is 0.932. The fraction of sp³-hybridized carbons (Fsp3) is 0.857. The largest absolute Gasteiger partial charge is 0.356 e. The van der Waals surface area contributed by atoms with E-state index in [0.29, 0.717) is 13.1 Å². The summed E-state index contributed by atoms with van der Waals surface area (Å²) in [7, 11) is 0. The highest BCUT2D eigenvalue weighted by Gasteiger charge is 2.23. The predicted octanol–water partition coefficient (Wildman–Crippen LogP) is -1.33. The lowest BCUT2D eigenvalue weighted by atomic mass is 10.0. The van der Waals surface area contributed by atoms with Crippen molar-refractivity contribution >= 4 is 5.91 Å². The second-order valence-corrected chi connectivity index (χ2v) is 2.79. The first kappa shape index (κ1) is 8.49. The zero-order valence-electron chi connectivity index (χ0n) is 6.60. The molecule has 0 spiro atoms. The van der Waals surface area contributed by atoms with Crippen LogP contribution >= 0.6 is 0 Å². The Balaban J connectivity index is 2.01. The van der Waals surface area contributed by atoms with Crippen LogP contribution < -0.4 is 16.4 Å². The molecule has 0 bridgehead atoms. The molecule has 0 aromatic rings. The lowest BCUT2D eigenvalue weighted by Crippen LogP contribution is -2.51. The summed E-state index contributed by atoms with van der Waals surface area (Å²) in [5.41, 5.74) is 5.27. The number of carbonyl (C=O) groups is 1. The SMILES string of the molecule is NCCCNC(=O)C1CNC1. The van der Waals surface area contributed by atoms with Crippen LogP contribution in [0.3, 0.4) is 0 Å². The van der Waals surface area contributed by atoms with Gasteiger partial charge >= 0.3 is 0 Å². The van der Waals surface area contributed by atoms with Crippen molar-refractivity contribution in [2.45, 2.75) is 6.42 Å². The second-order valence-electron chi connectivity index (χ2n) is 2.79. The normalized spacial score (nSPS) is 17.5. The summed E-state index contributed by atoms with van der Waals surface area (Å²) in [6.45, 7) is 3.01. The number of hydrogen-bond acceptors (Lipinski definition) is 3. The smallest absolute Gasteiger partial charge is 0.225 e. The maximum Gasteiger partial charge on any atom is 0.225 e. The Bertz CT molecular complexity index is 134. The molecule has 0 aromatic heterocycles. The topological polar surface area (TPSA) is 67.1 Å². The van der Waals surface area contributed by atoms with Gasteiger partial charge in [-0.05, 0) is 13.0 Å². The summed E-state index contributed by atoms with van der Waals surface area (Å²) in [4.78, 5) is 11.1. The van der Waals surface area contributed by atoms with Gasteiger partial charge in [-0.1, -0.05) is 0 Å². The van der Waals surface area contributed by atoms with Crippen molar-refractivity contribution in [3.8, 4) is 0 Å². The van der Waals surface area contributed by atoms with E-state index < -0.39 is 0 Å². The number of amides is 1. The maximum atomic E-state index is 11.1. The highest BCUT2D eigenvalue weighted by molar-refractivity contribution is 5.79. The first-order valence-electron chi connectivity index (χ1n) is 4.03. The molecule has 1 aliphatic heterocycles. The Morgan fingerprint density at radius 1 is 1.64 bits per heavy atom. The molecule has 0 aliphatic carbocycles. The Morgan fingerprint density at radius 3 is 2.82 bits per heavy atom. The molecule has 0 saturated carbocycles. The molecule has 0 aromatic carbocycles. The molecular weight excluding hydrogens is 142 g/mol. The van der Waals surface area contributed by atoms with E-state index in [1.54, 1.807) is 0 Å². The minimum Gasteiger partial charge on any atom is -0.356 e. The molecule has 4 N–H and O–H groups in total. The van der Waals surface area contributed by atoms with E-state index in [1.807, 2.05) is 0 Å². The van der Waals surface area contributed by atoms with Crippen molar-refractivity contribution in [1.82, 2.24) is 10.6 Å². The third kappa shape index (κ3) is 2.48. The Morgan fingerprint density at radius 2 is 2.36 bits per heavy atom. The Labute approximate surface area is 66.5 Å². The summed E-state index contributed by atoms with van der Waals surface area (Å²) in [5.74, 6) is 0.366. The van der Waals surface area contributed by atoms with Crippen LogP contribution in [0.1, 0.15) is 6.42 Å².